The molecule has 0 aliphatic rings. The summed E-state index contributed by atoms with van der Waals surface area (Å²) in [7, 11) is 2.13. The predicted octanol–water partition coefficient (Wildman–Crippen LogP) is 1.98. The first-order valence-corrected chi connectivity index (χ1v) is 4.62. The Hall–Kier alpha value is -0.410. The number of hydrogen-bond acceptors (Lipinski definition) is 3. The van der Waals surface area contributed by atoms with Crippen LogP contribution in [0.25, 0.3) is 0 Å². The van der Waals surface area contributed by atoms with Gasteiger partial charge in [-0.15, -0.1) is 0 Å². The third-order valence-electron chi connectivity index (χ3n) is 1.80. The zero-order valence-electron chi connectivity index (χ0n) is 7.24. The summed E-state index contributed by atoms with van der Waals surface area (Å²) in [6.45, 7) is 5.40. The van der Waals surface area contributed by atoms with E-state index in [1.54, 1.807) is 0 Å². The summed E-state index contributed by atoms with van der Waals surface area (Å²) >= 11 is 1.52. The summed E-state index contributed by atoms with van der Waals surface area (Å²) in [5.41, 5.74) is 1.31. The number of nitrogens with zero attached hydrogens (tertiary/aromatic N) is 2. The van der Waals surface area contributed by atoms with E-state index >= 15 is 0 Å². The molecule has 0 radical (unpaired) electrons. The fraction of sp³-hybridized carbons (Fsp3) is 0.625. The number of rotatable bonds is 3. The SMILES string of the molecule is CC(C)N(C)Cc1cnsc1. The van der Waals surface area contributed by atoms with Crippen molar-refractivity contribution in [3.05, 3.63) is 17.1 Å². The van der Waals surface area contributed by atoms with Gasteiger partial charge in [0, 0.05) is 24.2 Å². The highest BCUT2D eigenvalue weighted by atomic mass is 32.1. The molecule has 0 fully saturated rings. The van der Waals surface area contributed by atoms with Gasteiger partial charge >= 0.3 is 0 Å². The molecule has 62 valence electrons. The van der Waals surface area contributed by atoms with Gasteiger partial charge in [0.2, 0.25) is 0 Å². The van der Waals surface area contributed by atoms with Crippen molar-refractivity contribution < 1.29 is 0 Å². The molecular formula is C8H14N2S. The highest BCUT2D eigenvalue weighted by Crippen LogP contribution is 2.06. The minimum Gasteiger partial charge on any atom is -0.300 e. The van der Waals surface area contributed by atoms with Gasteiger partial charge in [-0.25, -0.2) is 4.37 Å². The van der Waals surface area contributed by atoms with Crippen LogP contribution in [0.2, 0.25) is 0 Å². The fourth-order valence-corrected chi connectivity index (χ4v) is 1.30. The standard InChI is InChI=1S/C8H14N2S/c1-7(2)10(3)5-8-4-9-11-6-8/h4,6-7H,5H2,1-3H3. The molecule has 0 bridgehead atoms. The van der Waals surface area contributed by atoms with Crippen molar-refractivity contribution in [1.82, 2.24) is 9.27 Å². The van der Waals surface area contributed by atoms with Gasteiger partial charge in [-0.3, -0.25) is 4.90 Å². The van der Waals surface area contributed by atoms with Crippen LogP contribution in [-0.4, -0.2) is 22.4 Å². The van der Waals surface area contributed by atoms with Crippen molar-refractivity contribution in [2.75, 3.05) is 7.05 Å². The zero-order chi connectivity index (χ0) is 8.27. The molecule has 11 heavy (non-hydrogen) atoms. The first-order chi connectivity index (χ1) is 5.20. The van der Waals surface area contributed by atoms with Crippen LogP contribution in [0.15, 0.2) is 11.6 Å². The van der Waals surface area contributed by atoms with Crippen LogP contribution in [-0.2, 0) is 6.54 Å². The first-order valence-electron chi connectivity index (χ1n) is 3.78. The minimum atomic E-state index is 0.606. The Morgan fingerprint density at radius 1 is 1.64 bits per heavy atom. The molecular weight excluding hydrogens is 156 g/mol. The Morgan fingerprint density at radius 3 is 2.82 bits per heavy atom. The van der Waals surface area contributed by atoms with Gasteiger partial charge in [-0.1, -0.05) is 0 Å². The monoisotopic (exact) mass is 170 g/mol. The van der Waals surface area contributed by atoms with E-state index in [9.17, 15) is 0 Å². The summed E-state index contributed by atoms with van der Waals surface area (Å²) in [5, 5.41) is 2.10. The normalized spacial score (nSPS) is 11.4. The molecule has 0 saturated carbocycles. The Balaban J connectivity index is 2.43. The van der Waals surface area contributed by atoms with Gasteiger partial charge in [0.15, 0.2) is 0 Å². The summed E-state index contributed by atoms with van der Waals surface area (Å²) < 4.78 is 4.05. The van der Waals surface area contributed by atoms with Gasteiger partial charge in [0.25, 0.3) is 0 Å². The Bertz CT molecular complexity index is 194. The van der Waals surface area contributed by atoms with Crippen LogP contribution < -0.4 is 0 Å². The topological polar surface area (TPSA) is 16.1 Å². The van der Waals surface area contributed by atoms with Crippen molar-refractivity contribution in [3.8, 4) is 0 Å². The fourth-order valence-electron chi connectivity index (χ4n) is 0.775. The lowest BCUT2D eigenvalue weighted by molar-refractivity contribution is 0.266. The average Bonchev–Trinajstić information content (AvgIpc) is 2.39. The Labute approximate surface area is 72.0 Å². The largest absolute Gasteiger partial charge is 0.300 e. The Kier molecular flexibility index (Phi) is 3.02. The second kappa shape index (κ2) is 3.83. The quantitative estimate of drug-likeness (QED) is 0.689. The molecule has 0 aromatic carbocycles. The molecule has 1 aromatic heterocycles. The molecule has 0 aliphatic heterocycles. The van der Waals surface area contributed by atoms with E-state index in [0.29, 0.717) is 6.04 Å². The second-order valence-electron chi connectivity index (χ2n) is 3.04. The second-order valence-corrected chi connectivity index (χ2v) is 3.70. The molecule has 2 nitrogen and oxygen atoms in total. The maximum absolute atomic E-state index is 4.05. The van der Waals surface area contributed by atoms with E-state index in [4.69, 9.17) is 0 Å². The van der Waals surface area contributed by atoms with Crippen LogP contribution >= 0.6 is 11.5 Å². The van der Waals surface area contributed by atoms with Crippen molar-refractivity contribution >= 4 is 11.5 Å². The molecule has 0 spiro atoms. The van der Waals surface area contributed by atoms with Gasteiger partial charge in [0.05, 0.1) is 0 Å². The van der Waals surface area contributed by atoms with E-state index in [1.807, 2.05) is 6.20 Å². The summed E-state index contributed by atoms with van der Waals surface area (Å²) in [6.07, 6.45) is 1.93. The average molecular weight is 170 g/mol. The molecule has 0 saturated heterocycles. The molecule has 0 unspecified atom stereocenters. The summed E-state index contributed by atoms with van der Waals surface area (Å²) in [4.78, 5) is 2.30. The molecule has 1 rings (SSSR count). The molecule has 1 heterocycles. The third-order valence-corrected chi connectivity index (χ3v) is 2.43. The van der Waals surface area contributed by atoms with Crippen LogP contribution in [0.1, 0.15) is 19.4 Å². The maximum Gasteiger partial charge on any atom is 0.0452 e. The van der Waals surface area contributed by atoms with Crippen molar-refractivity contribution in [2.24, 2.45) is 0 Å². The summed E-state index contributed by atoms with van der Waals surface area (Å²) in [5.74, 6) is 0. The van der Waals surface area contributed by atoms with Crippen LogP contribution in [0.5, 0.6) is 0 Å². The first kappa shape index (κ1) is 8.68. The number of aromatic nitrogens is 1. The molecule has 0 amide bonds. The van der Waals surface area contributed by atoms with E-state index < -0.39 is 0 Å². The van der Waals surface area contributed by atoms with Gasteiger partial charge < -0.3 is 0 Å². The lowest BCUT2D eigenvalue weighted by Gasteiger charge is -2.19. The van der Waals surface area contributed by atoms with Crippen LogP contribution in [0.3, 0.4) is 0 Å². The van der Waals surface area contributed by atoms with Crippen molar-refractivity contribution in [2.45, 2.75) is 26.4 Å². The lowest BCUT2D eigenvalue weighted by Crippen LogP contribution is -2.25. The van der Waals surface area contributed by atoms with Crippen molar-refractivity contribution in [3.63, 3.8) is 0 Å². The molecule has 1 aromatic rings. The zero-order valence-corrected chi connectivity index (χ0v) is 8.06. The molecule has 0 atom stereocenters. The van der Waals surface area contributed by atoms with Crippen LogP contribution in [0, 0.1) is 0 Å². The van der Waals surface area contributed by atoms with Gasteiger partial charge in [-0.2, -0.15) is 0 Å². The lowest BCUT2D eigenvalue weighted by atomic mass is 10.3. The van der Waals surface area contributed by atoms with E-state index in [2.05, 4.69) is 35.5 Å². The van der Waals surface area contributed by atoms with E-state index in [-0.39, 0.29) is 0 Å². The van der Waals surface area contributed by atoms with Gasteiger partial charge in [-0.05, 0) is 38.0 Å². The minimum absolute atomic E-state index is 0.606. The molecule has 0 aliphatic carbocycles. The Morgan fingerprint density at radius 2 is 2.36 bits per heavy atom. The summed E-state index contributed by atoms with van der Waals surface area (Å²) in [6, 6.07) is 0.606. The smallest absolute Gasteiger partial charge is 0.0452 e. The predicted molar refractivity (Wildman–Crippen MR) is 48.7 cm³/mol. The number of hydrogen-bond donors (Lipinski definition) is 0. The van der Waals surface area contributed by atoms with Gasteiger partial charge in [0.1, 0.15) is 0 Å². The van der Waals surface area contributed by atoms with Crippen LogP contribution in [0.4, 0.5) is 0 Å². The molecule has 3 heteroatoms. The maximum atomic E-state index is 4.05. The highest BCUT2D eigenvalue weighted by molar-refractivity contribution is 7.03. The van der Waals surface area contributed by atoms with E-state index in [1.165, 1.54) is 17.1 Å². The van der Waals surface area contributed by atoms with Crippen molar-refractivity contribution in [1.29, 1.82) is 0 Å². The third kappa shape index (κ3) is 2.60. The molecule has 0 N–H and O–H groups in total. The van der Waals surface area contributed by atoms with E-state index in [0.717, 1.165) is 6.54 Å². The highest BCUT2D eigenvalue weighted by Gasteiger charge is 2.03.